The highest BCUT2D eigenvalue weighted by Crippen LogP contribution is 2.42. The lowest BCUT2D eigenvalue weighted by Crippen LogP contribution is -2.33. The van der Waals surface area contributed by atoms with Gasteiger partial charge in [-0.25, -0.2) is 9.37 Å². The molecule has 0 radical (unpaired) electrons. The number of pyridine rings is 1. The number of benzene rings is 1. The van der Waals surface area contributed by atoms with Crippen molar-refractivity contribution in [2.45, 2.75) is 36.1 Å². The number of aromatic nitrogens is 3. The number of Topliss-reactive ketones (excluding diaryl/α,β-unsaturated/α-hetero) is 1. The van der Waals surface area contributed by atoms with E-state index in [2.05, 4.69) is 20.3 Å². The number of allylic oxidation sites excluding steroid dienone is 2. The topological polar surface area (TPSA) is 87.7 Å². The fourth-order valence-corrected chi connectivity index (χ4v) is 4.96. The van der Waals surface area contributed by atoms with E-state index >= 15 is 0 Å². The third-order valence-electron chi connectivity index (χ3n) is 5.54. The minimum atomic E-state index is -0.554. The molecule has 2 aliphatic rings. The fourth-order valence-electron chi connectivity index (χ4n) is 4.11. The van der Waals surface area contributed by atoms with Crippen molar-refractivity contribution in [1.82, 2.24) is 15.0 Å². The Labute approximate surface area is 182 Å². The van der Waals surface area contributed by atoms with Crippen LogP contribution in [0.5, 0.6) is 0 Å². The molecular weight excluding hydrogens is 415 g/mol. The van der Waals surface area contributed by atoms with Crippen LogP contribution in [-0.4, -0.2) is 20.7 Å². The van der Waals surface area contributed by atoms with E-state index < -0.39 is 5.92 Å². The van der Waals surface area contributed by atoms with Crippen LogP contribution < -0.4 is 10.9 Å². The molecule has 5 rings (SSSR count). The van der Waals surface area contributed by atoms with Gasteiger partial charge in [0.2, 0.25) is 0 Å². The Bertz CT molecular complexity index is 1260. The van der Waals surface area contributed by atoms with Gasteiger partial charge in [0.1, 0.15) is 11.6 Å². The van der Waals surface area contributed by atoms with Crippen LogP contribution in [0.4, 0.5) is 10.2 Å². The standard InChI is InChI=1S/C23H19FN4O2S/c24-14-7-2-1-6-13(14)12-31-23-27-21-20(22(30)28-23)19(15-8-3-4-11-25-15)18-16(26-21)9-5-10-17(18)29/h1-4,6-8,11,19H,5,9-10,12H2,(H2,26,27,28,30). The van der Waals surface area contributed by atoms with Crippen molar-refractivity contribution >= 4 is 23.4 Å². The Morgan fingerprint density at radius 1 is 1.10 bits per heavy atom. The van der Waals surface area contributed by atoms with Crippen molar-refractivity contribution in [3.63, 3.8) is 0 Å². The molecule has 1 atom stereocenters. The summed E-state index contributed by atoms with van der Waals surface area (Å²) in [6.45, 7) is 0. The molecule has 0 bridgehead atoms. The number of ketones is 1. The lowest BCUT2D eigenvalue weighted by molar-refractivity contribution is -0.116. The zero-order chi connectivity index (χ0) is 21.4. The molecule has 2 N–H and O–H groups in total. The van der Waals surface area contributed by atoms with Gasteiger partial charge in [0.15, 0.2) is 10.9 Å². The average Bonchev–Trinajstić information content (AvgIpc) is 2.78. The maximum atomic E-state index is 13.9. The number of aromatic amines is 1. The van der Waals surface area contributed by atoms with E-state index in [-0.39, 0.29) is 17.2 Å². The van der Waals surface area contributed by atoms with Gasteiger partial charge in [-0.2, -0.15) is 0 Å². The number of hydrogen-bond donors (Lipinski definition) is 2. The van der Waals surface area contributed by atoms with Crippen LogP contribution in [-0.2, 0) is 10.5 Å². The molecule has 0 amide bonds. The highest BCUT2D eigenvalue weighted by atomic mass is 32.2. The Morgan fingerprint density at radius 2 is 1.94 bits per heavy atom. The van der Waals surface area contributed by atoms with Gasteiger partial charge in [-0.1, -0.05) is 36.0 Å². The number of thioether (sulfide) groups is 1. The molecular formula is C23H19FN4O2S. The molecule has 31 heavy (non-hydrogen) atoms. The van der Waals surface area contributed by atoms with Gasteiger partial charge in [-0.05, 0) is 36.6 Å². The highest BCUT2D eigenvalue weighted by molar-refractivity contribution is 7.98. The van der Waals surface area contributed by atoms with Crippen molar-refractivity contribution < 1.29 is 9.18 Å². The number of halogens is 1. The monoisotopic (exact) mass is 434 g/mol. The summed E-state index contributed by atoms with van der Waals surface area (Å²) in [6, 6.07) is 12.0. The van der Waals surface area contributed by atoms with Gasteiger partial charge < -0.3 is 10.3 Å². The van der Waals surface area contributed by atoms with Gasteiger partial charge >= 0.3 is 0 Å². The van der Waals surface area contributed by atoms with Crippen molar-refractivity contribution in [1.29, 1.82) is 0 Å². The molecule has 0 saturated carbocycles. The van der Waals surface area contributed by atoms with Crippen molar-refractivity contribution in [2.24, 2.45) is 0 Å². The zero-order valence-electron chi connectivity index (χ0n) is 16.5. The van der Waals surface area contributed by atoms with Crippen molar-refractivity contribution in [2.75, 3.05) is 5.32 Å². The van der Waals surface area contributed by atoms with Gasteiger partial charge in [0.05, 0.1) is 17.2 Å². The molecule has 0 saturated heterocycles. The fraction of sp³-hybridized carbons (Fsp3) is 0.217. The Morgan fingerprint density at radius 3 is 2.74 bits per heavy atom. The molecule has 3 heterocycles. The number of H-pyrrole nitrogens is 1. The lowest BCUT2D eigenvalue weighted by Gasteiger charge is -2.32. The first-order valence-electron chi connectivity index (χ1n) is 10.1. The third-order valence-corrected chi connectivity index (χ3v) is 6.46. The van der Waals surface area contributed by atoms with Crippen LogP contribution in [0.2, 0.25) is 0 Å². The maximum Gasteiger partial charge on any atom is 0.257 e. The zero-order valence-corrected chi connectivity index (χ0v) is 17.3. The highest BCUT2D eigenvalue weighted by Gasteiger charge is 2.38. The van der Waals surface area contributed by atoms with Crippen LogP contribution in [0.25, 0.3) is 0 Å². The second-order valence-electron chi connectivity index (χ2n) is 7.50. The molecule has 0 fully saturated rings. The SMILES string of the molecule is O=C1CCCC2=C1C(c1ccccn1)c1c(nc(SCc3ccccc3F)[nH]c1=O)N2. The van der Waals surface area contributed by atoms with Crippen LogP contribution in [0, 0.1) is 5.82 Å². The summed E-state index contributed by atoms with van der Waals surface area (Å²) in [5.41, 5.74) is 2.67. The summed E-state index contributed by atoms with van der Waals surface area (Å²) in [5.74, 6) is -0.0394. The van der Waals surface area contributed by atoms with E-state index in [1.54, 1.807) is 30.5 Å². The number of carbonyl (C=O) groups excluding carboxylic acids is 1. The second-order valence-corrected chi connectivity index (χ2v) is 8.46. The smallest absolute Gasteiger partial charge is 0.257 e. The predicted molar refractivity (Wildman–Crippen MR) is 116 cm³/mol. The first kappa shape index (κ1) is 19.7. The molecule has 2 aromatic heterocycles. The first-order valence-corrected chi connectivity index (χ1v) is 11.0. The predicted octanol–water partition coefficient (Wildman–Crippen LogP) is 4.16. The quantitative estimate of drug-likeness (QED) is 0.474. The number of hydrogen-bond acceptors (Lipinski definition) is 6. The number of nitrogens with one attached hydrogen (secondary N) is 2. The lowest BCUT2D eigenvalue weighted by atomic mass is 9.78. The summed E-state index contributed by atoms with van der Waals surface area (Å²) in [5, 5.41) is 3.63. The van der Waals surface area contributed by atoms with Gasteiger partial charge in [0.25, 0.3) is 5.56 Å². The van der Waals surface area contributed by atoms with E-state index in [1.807, 2.05) is 12.1 Å². The summed E-state index contributed by atoms with van der Waals surface area (Å²) in [6.07, 6.45) is 3.59. The Hall–Kier alpha value is -3.26. The molecule has 1 aliphatic heterocycles. The summed E-state index contributed by atoms with van der Waals surface area (Å²) >= 11 is 1.26. The molecule has 1 aromatic carbocycles. The second kappa shape index (κ2) is 8.11. The summed E-state index contributed by atoms with van der Waals surface area (Å²) in [4.78, 5) is 37.8. The minimum Gasteiger partial charge on any atom is -0.343 e. The van der Waals surface area contributed by atoms with Crippen molar-refractivity contribution in [3.8, 4) is 0 Å². The van der Waals surface area contributed by atoms with Crippen LogP contribution in [0.1, 0.15) is 42.0 Å². The summed E-state index contributed by atoms with van der Waals surface area (Å²) < 4.78 is 13.9. The number of rotatable bonds is 4. The number of fused-ring (bicyclic) bond motifs is 1. The number of nitrogens with zero attached hydrogens (tertiary/aromatic N) is 2. The Balaban J connectivity index is 1.56. The number of carbonyl (C=O) groups is 1. The van der Waals surface area contributed by atoms with E-state index in [1.165, 1.54) is 17.8 Å². The molecule has 0 spiro atoms. The molecule has 8 heteroatoms. The molecule has 3 aromatic rings. The Kier molecular flexibility index (Phi) is 5.15. The summed E-state index contributed by atoms with van der Waals surface area (Å²) in [7, 11) is 0. The minimum absolute atomic E-state index is 0.0347. The van der Waals surface area contributed by atoms with Gasteiger partial charge in [-0.15, -0.1) is 0 Å². The van der Waals surface area contributed by atoms with E-state index in [9.17, 15) is 14.0 Å². The normalized spacial score (nSPS) is 17.7. The molecule has 6 nitrogen and oxygen atoms in total. The van der Waals surface area contributed by atoms with Crippen LogP contribution >= 0.6 is 11.8 Å². The average molecular weight is 434 g/mol. The third kappa shape index (κ3) is 3.67. The molecule has 1 unspecified atom stereocenters. The van der Waals surface area contributed by atoms with Crippen molar-refractivity contribution in [3.05, 3.63) is 92.9 Å². The first-order chi connectivity index (χ1) is 15.1. The largest absolute Gasteiger partial charge is 0.343 e. The molecule has 156 valence electrons. The maximum absolute atomic E-state index is 13.9. The van der Waals surface area contributed by atoms with E-state index in [4.69, 9.17) is 0 Å². The van der Waals surface area contributed by atoms with E-state index in [0.717, 1.165) is 18.5 Å². The number of anilines is 1. The van der Waals surface area contributed by atoms with Gasteiger partial charge in [0, 0.05) is 29.6 Å². The van der Waals surface area contributed by atoms with Crippen LogP contribution in [0.3, 0.4) is 0 Å². The van der Waals surface area contributed by atoms with Crippen LogP contribution in [0.15, 0.2) is 69.9 Å². The van der Waals surface area contributed by atoms with E-state index in [0.29, 0.717) is 45.5 Å². The molecule has 1 aliphatic carbocycles. The van der Waals surface area contributed by atoms with Gasteiger partial charge in [-0.3, -0.25) is 14.6 Å².